The van der Waals surface area contributed by atoms with Gasteiger partial charge in [-0.1, -0.05) is 12.1 Å². The molecule has 7 N–H and O–H groups in total. The van der Waals surface area contributed by atoms with E-state index in [-0.39, 0.29) is 17.9 Å². The molecule has 10 nitrogen and oxygen atoms in total. The first-order valence-electron chi connectivity index (χ1n) is 8.70. The summed E-state index contributed by atoms with van der Waals surface area (Å²) in [6.07, 6.45) is 2.70. The van der Waals surface area contributed by atoms with Gasteiger partial charge in [0, 0.05) is 23.6 Å². The number of carbonyl (C=O) groups excluding carboxylic acids is 2. The third-order valence-electron chi connectivity index (χ3n) is 3.93. The average molecular weight is 398 g/mol. The van der Waals surface area contributed by atoms with Crippen LogP contribution in [0.3, 0.4) is 0 Å². The number of hydrogen-bond donors (Lipinski definition) is 6. The summed E-state index contributed by atoms with van der Waals surface area (Å²) in [6, 6.07) is 7.89. The molecule has 2 amide bonds. The van der Waals surface area contributed by atoms with E-state index in [0.717, 1.165) is 0 Å². The molecule has 1 heterocycles. The van der Waals surface area contributed by atoms with Gasteiger partial charge in [-0.05, 0) is 36.8 Å². The number of aromatic nitrogens is 1. The molecule has 0 aliphatic carbocycles. The predicted molar refractivity (Wildman–Crippen MR) is 106 cm³/mol. The monoisotopic (exact) mass is 398 g/mol. The number of nitrogens with two attached hydrogens (primary N) is 1. The minimum Gasteiger partial charge on any atom is -0.481 e. The number of benzene rings is 1. The molecular formula is C19H22N6O4. The zero-order valence-electron chi connectivity index (χ0n) is 15.7. The van der Waals surface area contributed by atoms with Gasteiger partial charge in [-0.2, -0.15) is 0 Å². The van der Waals surface area contributed by atoms with Crippen LogP contribution in [0.5, 0.6) is 0 Å². The minimum atomic E-state index is -1.08. The molecular weight excluding hydrogens is 376 g/mol. The molecule has 10 heteroatoms. The topological polar surface area (TPSA) is 170 Å². The van der Waals surface area contributed by atoms with Crippen LogP contribution in [0, 0.1) is 5.41 Å². The molecule has 0 aliphatic heterocycles. The molecule has 0 aliphatic rings. The van der Waals surface area contributed by atoms with Crippen molar-refractivity contribution in [2.75, 3.05) is 5.32 Å². The highest BCUT2D eigenvalue weighted by atomic mass is 16.4. The van der Waals surface area contributed by atoms with Crippen LogP contribution < -0.4 is 21.7 Å². The first-order chi connectivity index (χ1) is 13.8. The SMILES string of the molecule is CC(NC(=O)c1cccc(NC(=N)N)c1)C(=O)NC(CC(=O)O)c1cccnc1. The normalized spacial score (nSPS) is 12.3. The summed E-state index contributed by atoms with van der Waals surface area (Å²) in [5.74, 6) is -2.39. The fraction of sp³-hybridized carbons (Fsp3) is 0.211. The van der Waals surface area contributed by atoms with Crippen molar-refractivity contribution in [3.05, 3.63) is 59.9 Å². The molecule has 0 radical (unpaired) electrons. The molecule has 0 spiro atoms. The fourth-order valence-corrected chi connectivity index (χ4v) is 2.54. The molecule has 152 valence electrons. The van der Waals surface area contributed by atoms with E-state index >= 15 is 0 Å². The first kappa shape index (κ1) is 21.4. The van der Waals surface area contributed by atoms with E-state index in [1.807, 2.05) is 0 Å². The summed E-state index contributed by atoms with van der Waals surface area (Å²) in [7, 11) is 0. The van der Waals surface area contributed by atoms with Crippen molar-refractivity contribution in [2.24, 2.45) is 5.73 Å². The van der Waals surface area contributed by atoms with E-state index in [9.17, 15) is 14.4 Å². The fourth-order valence-electron chi connectivity index (χ4n) is 2.54. The summed E-state index contributed by atoms with van der Waals surface area (Å²) in [5.41, 5.74) is 6.55. The number of carbonyl (C=O) groups is 3. The van der Waals surface area contributed by atoms with Gasteiger partial charge in [-0.15, -0.1) is 0 Å². The maximum absolute atomic E-state index is 12.5. The van der Waals surface area contributed by atoms with Crippen LogP contribution in [0.4, 0.5) is 5.69 Å². The van der Waals surface area contributed by atoms with Crippen molar-refractivity contribution < 1.29 is 19.5 Å². The highest BCUT2D eigenvalue weighted by Gasteiger charge is 2.23. The number of carboxylic acid groups (broad SMARTS) is 1. The Hall–Kier alpha value is -3.95. The zero-order chi connectivity index (χ0) is 21.4. The van der Waals surface area contributed by atoms with E-state index in [4.69, 9.17) is 16.2 Å². The summed E-state index contributed by atoms with van der Waals surface area (Å²) in [4.78, 5) is 40.0. The lowest BCUT2D eigenvalue weighted by atomic mass is 10.1. The van der Waals surface area contributed by atoms with Gasteiger partial charge in [-0.25, -0.2) is 0 Å². The Morgan fingerprint density at radius 1 is 1.21 bits per heavy atom. The molecule has 0 fully saturated rings. The highest BCUT2D eigenvalue weighted by molar-refractivity contribution is 5.99. The molecule has 1 aromatic heterocycles. The zero-order valence-corrected chi connectivity index (χ0v) is 15.7. The van der Waals surface area contributed by atoms with Crippen LogP contribution in [0.25, 0.3) is 0 Å². The standard InChI is InChI=1S/C19H22N6O4/c1-11(23-18(29)12-4-2-6-14(8-12)24-19(20)21)17(28)25-15(9-16(26)27)13-5-3-7-22-10-13/h2-8,10-11,15H,9H2,1H3,(H,23,29)(H,25,28)(H,26,27)(H4,20,21,24). The number of pyridine rings is 1. The van der Waals surface area contributed by atoms with Crippen LogP contribution >= 0.6 is 0 Å². The van der Waals surface area contributed by atoms with Gasteiger partial charge < -0.3 is 26.8 Å². The van der Waals surface area contributed by atoms with Crippen molar-refractivity contribution in [1.82, 2.24) is 15.6 Å². The van der Waals surface area contributed by atoms with Crippen LogP contribution in [-0.2, 0) is 9.59 Å². The van der Waals surface area contributed by atoms with Gasteiger partial charge in [0.2, 0.25) is 5.91 Å². The molecule has 2 rings (SSSR count). The van der Waals surface area contributed by atoms with Crippen molar-refractivity contribution in [3.63, 3.8) is 0 Å². The minimum absolute atomic E-state index is 0.268. The maximum atomic E-state index is 12.5. The van der Waals surface area contributed by atoms with E-state index < -0.39 is 29.9 Å². The third kappa shape index (κ3) is 6.61. The smallest absolute Gasteiger partial charge is 0.305 e. The van der Waals surface area contributed by atoms with E-state index in [1.165, 1.54) is 19.2 Å². The Labute approximate surface area is 167 Å². The molecule has 2 atom stereocenters. The van der Waals surface area contributed by atoms with Gasteiger partial charge in [-0.3, -0.25) is 24.8 Å². The molecule has 2 aromatic rings. The van der Waals surface area contributed by atoms with Crippen LogP contribution in [0.15, 0.2) is 48.8 Å². The molecule has 2 unspecified atom stereocenters. The highest BCUT2D eigenvalue weighted by Crippen LogP contribution is 2.16. The number of hydrogen-bond acceptors (Lipinski definition) is 5. The maximum Gasteiger partial charge on any atom is 0.305 e. The molecule has 0 saturated carbocycles. The molecule has 1 aromatic carbocycles. The number of nitrogens with one attached hydrogen (secondary N) is 4. The van der Waals surface area contributed by atoms with Gasteiger partial charge in [0.15, 0.2) is 5.96 Å². The number of guanidine groups is 1. The van der Waals surface area contributed by atoms with Crippen molar-refractivity contribution in [1.29, 1.82) is 5.41 Å². The third-order valence-corrected chi connectivity index (χ3v) is 3.93. The molecule has 29 heavy (non-hydrogen) atoms. The van der Waals surface area contributed by atoms with Crippen molar-refractivity contribution in [2.45, 2.75) is 25.4 Å². The van der Waals surface area contributed by atoms with Gasteiger partial charge in [0.05, 0.1) is 12.5 Å². The predicted octanol–water partition coefficient (Wildman–Crippen LogP) is 0.837. The second-order valence-corrected chi connectivity index (χ2v) is 6.26. The number of amides is 2. The summed E-state index contributed by atoms with van der Waals surface area (Å²) in [6.45, 7) is 1.49. The molecule has 0 saturated heterocycles. The number of anilines is 1. The largest absolute Gasteiger partial charge is 0.481 e. The van der Waals surface area contributed by atoms with Crippen LogP contribution in [0.2, 0.25) is 0 Å². The number of carboxylic acids is 1. The second-order valence-electron chi connectivity index (χ2n) is 6.26. The van der Waals surface area contributed by atoms with E-state index in [1.54, 1.807) is 36.5 Å². The van der Waals surface area contributed by atoms with Gasteiger partial charge in [0.1, 0.15) is 6.04 Å². The Kier molecular flexibility index (Phi) is 7.24. The van der Waals surface area contributed by atoms with Gasteiger partial charge in [0.25, 0.3) is 5.91 Å². The van der Waals surface area contributed by atoms with Crippen molar-refractivity contribution >= 4 is 29.4 Å². The Balaban J connectivity index is 2.04. The first-order valence-corrected chi connectivity index (χ1v) is 8.70. The summed E-state index contributed by atoms with van der Waals surface area (Å²) >= 11 is 0. The Morgan fingerprint density at radius 3 is 2.59 bits per heavy atom. The number of aliphatic carboxylic acids is 1. The number of nitrogens with zero attached hydrogens (tertiary/aromatic N) is 1. The van der Waals surface area contributed by atoms with Gasteiger partial charge >= 0.3 is 5.97 Å². The van der Waals surface area contributed by atoms with Crippen molar-refractivity contribution in [3.8, 4) is 0 Å². The number of rotatable bonds is 8. The van der Waals surface area contributed by atoms with E-state index in [2.05, 4.69) is 20.9 Å². The van der Waals surface area contributed by atoms with Crippen LogP contribution in [-0.4, -0.2) is 39.9 Å². The second kappa shape index (κ2) is 9.83. The molecule has 0 bridgehead atoms. The summed E-state index contributed by atoms with van der Waals surface area (Å²) in [5, 5.41) is 24.1. The van der Waals surface area contributed by atoms with E-state index in [0.29, 0.717) is 11.3 Å². The Bertz CT molecular complexity index is 903. The average Bonchev–Trinajstić information content (AvgIpc) is 2.67. The Morgan fingerprint density at radius 2 is 1.97 bits per heavy atom. The summed E-state index contributed by atoms with van der Waals surface area (Å²) < 4.78 is 0. The quantitative estimate of drug-likeness (QED) is 0.282. The lowest BCUT2D eigenvalue weighted by Gasteiger charge is -2.20. The lowest BCUT2D eigenvalue weighted by Crippen LogP contribution is -2.46. The van der Waals surface area contributed by atoms with Crippen LogP contribution in [0.1, 0.15) is 35.3 Å². The lowest BCUT2D eigenvalue weighted by molar-refractivity contribution is -0.137.